The van der Waals surface area contributed by atoms with Crippen LogP contribution in [0.5, 0.6) is 0 Å². The lowest BCUT2D eigenvalue weighted by Gasteiger charge is -2.30. The summed E-state index contributed by atoms with van der Waals surface area (Å²) in [6, 6.07) is 3.12. The second-order valence-electron chi connectivity index (χ2n) is 4.27. The molecule has 1 aromatic rings. The molecule has 1 saturated heterocycles. The van der Waals surface area contributed by atoms with Crippen molar-refractivity contribution in [3.63, 3.8) is 0 Å². The van der Waals surface area contributed by atoms with E-state index in [0.29, 0.717) is 11.7 Å². The van der Waals surface area contributed by atoms with Crippen molar-refractivity contribution in [2.45, 2.75) is 19.8 Å². The van der Waals surface area contributed by atoms with Crippen molar-refractivity contribution in [3.8, 4) is 0 Å². The molecule has 86 valence electrons. The minimum Gasteiger partial charge on any atom is -0.351 e. The first kappa shape index (κ1) is 10.9. The van der Waals surface area contributed by atoms with Crippen LogP contribution in [0.25, 0.3) is 0 Å². The van der Waals surface area contributed by atoms with Crippen LogP contribution in [0.3, 0.4) is 0 Å². The van der Waals surface area contributed by atoms with E-state index in [9.17, 15) is 10.1 Å². The Balaban J connectivity index is 2.23. The largest absolute Gasteiger partial charge is 0.351 e. The number of nitro groups is 1. The molecular weight excluding hydrogens is 206 g/mol. The molecule has 0 atom stereocenters. The standard InChI is InChI=1S/C11H15N3O2/c1-9-4-7-13(8-5-9)11-10(14(15)16)3-2-6-12-11/h2-3,6,9H,4-5,7-8H2,1H3. The Bertz CT molecular complexity index is 387. The summed E-state index contributed by atoms with van der Waals surface area (Å²) in [7, 11) is 0. The van der Waals surface area contributed by atoms with Gasteiger partial charge in [0, 0.05) is 25.4 Å². The van der Waals surface area contributed by atoms with Crippen molar-refractivity contribution in [1.82, 2.24) is 4.98 Å². The molecule has 0 unspecified atom stereocenters. The van der Waals surface area contributed by atoms with Gasteiger partial charge in [0.15, 0.2) is 0 Å². The Morgan fingerprint density at radius 2 is 2.19 bits per heavy atom. The first-order valence-electron chi connectivity index (χ1n) is 5.53. The molecule has 0 N–H and O–H groups in total. The van der Waals surface area contributed by atoms with Gasteiger partial charge in [-0.05, 0) is 24.8 Å². The van der Waals surface area contributed by atoms with Crippen molar-refractivity contribution >= 4 is 11.5 Å². The molecule has 1 fully saturated rings. The van der Waals surface area contributed by atoms with Crippen LogP contribution in [-0.4, -0.2) is 23.0 Å². The summed E-state index contributed by atoms with van der Waals surface area (Å²) >= 11 is 0. The van der Waals surface area contributed by atoms with E-state index in [1.54, 1.807) is 12.3 Å². The highest BCUT2D eigenvalue weighted by molar-refractivity contribution is 5.57. The number of aromatic nitrogens is 1. The third-order valence-electron chi connectivity index (χ3n) is 3.05. The summed E-state index contributed by atoms with van der Waals surface area (Å²) in [5, 5.41) is 10.9. The Hall–Kier alpha value is -1.65. The molecule has 0 bridgehead atoms. The highest BCUT2D eigenvalue weighted by Gasteiger charge is 2.23. The van der Waals surface area contributed by atoms with Crippen LogP contribution < -0.4 is 4.90 Å². The normalized spacial score (nSPS) is 17.4. The molecule has 5 nitrogen and oxygen atoms in total. The van der Waals surface area contributed by atoms with E-state index in [-0.39, 0.29) is 10.6 Å². The second kappa shape index (κ2) is 4.47. The predicted octanol–water partition coefficient (Wildman–Crippen LogP) is 2.23. The molecule has 0 radical (unpaired) electrons. The lowest BCUT2D eigenvalue weighted by atomic mass is 9.99. The van der Waals surface area contributed by atoms with Crippen LogP contribution in [0.1, 0.15) is 19.8 Å². The summed E-state index contributed by atoms with van der Waals surface area (Å²) in [4.78, 5) is 16.7. The molecule has 0 saturated carbocycles. The smallest absolute Gasteiger partial charge is 0.311 e. The third-order valence-corrected chi connectivity index (χ3v) is 3.05. The van der Waals surface area contributed by atoms with E-state index >= 15 is 0 Å². The molecule has 0 aromatic carbocycles. The monoisotopic (exact) mass is 221 g/mol. The van der Waals surface area contributed by atoms with Gasteiger partial charge in [-0.25, -0.2) is 4.98 Å². The zero-order chi connectivity index (χ0) is 11.5. The van der Waals surface area contributed by atoms with Crippen molar-refractivity contribution in [2.75, 3.05) is 18.0 Å². The van der Waals surface area contributed by atoms with E-state index in [0.717, 1.165) is 25.9 Å². The SMILES string of the molecule is CC1CCN(c2ncccc2[N+](=O)[O-])CC1. The molecule has 1 aliphatic rings. The highest BCUT2D eigenvalue weighted by atomic mass is 16.6. The summed E-state index contributed by atoms with van der Waals surface area (Å²) in [6.07, 6.45) is 3.77. The quantitative estimate of drug-likeness (QED) is 0.567. The summed E-state index contributed by atoms with van der Waals surface area (Å²) in [5.74, 6) is 1.22. The topological polar surface area (TPSA) is 59.3 Å². The number of hydrogen-bond acceptors (Lipinski definition) is 4. The fourth-order valence-electron chi connectivity index (χ4n) is 2.00. The van der Waals surface area contributed by atoms with Crippen LogP contribution in [0.2, 0.25) is 0 Å². The minimum atomic E-state index is -0.361. The van der Waals surface area contributed by atoms with Crippen molar-refractivity contribution in [2.24, 2.45) is 5.92 Å². The van der Waals surface area contributed by atoms with E-state index in [1.807, 2.05) is 4.90 Å². The maximum Gasteiger partial charge on any atom is 0.311 e. The van der Waals surface area contributed by atoms with Crippen molar-refractivity contribution in [3.05, 3.63) is 28.4 Å². The average Bonchev–Trinajstić information content (AvgIpc) is 2.30. The van der Waals surface area contributed by atoms with Crippen molar-refractivity contribution < 1.29 is 4.92 Å². The number of nitrogens with zero attached hydrogens (tertiary/aromatic N) is 3. The fraction of sp³-hybridized carbons (Fsp3) is 0.545. The van der Waals surface area contributed by atoms with Gasteiger partial charge in [-0.3, -0.25) is 10.1 Å². The lowest BCUT2D eigenvalue weighted by Crippen LogP contribution is -2.33. The maximum atomic E-state index is 10.9. The average molecular weight is 221 g/mol. The second-order valence-corrected chi connectivity index (χ2v) is 4.27. The maximum absolute atomic E-state index is 10.9. The van der Waals surface area contributed by atoms with E-state index in [2.05, 4.69) is 11.9 Å². The number of piperidine rings is 1. The number of rotatable bonds is 2. The van der Waals surface area contributed by atoms with E-state index < -0.39 is 0 Å². The number of hydrogen-bond donors (Lipinski definition) is 0. The van der Waals surface area contributed by atoms with Crippen LogP contribution in [-0.2, 0) is 0 Å². The summed E-state index contributed by atoms with van der Waals surface area (Å²) in [5.41, 5.74) is 0.108. The van der Waals surface area contributed by atoms with Crippen molar-refractivity contribution in [1.29, 1.82) is 0 Å². The Morgan fingerprint density at radius 3 is 2.81 bits per heavy atom. The lowest BCUT2D eigenvalue weighted by molar-refractivity contribution is -0.384. The van der Waals surface area contributed by atoms with E-state index in [4.69, 9.17) is 0 Å². The van der Waals surface area contributed by atoms with Gasteiger partial charge in [0.1, 0.15) is 0 Å². The minimum absolute atomic E-state index is 0.108. The van der Waals surface area contributed by atoms with Gasteiger partial charge in [0.25, 0.3) is 0 Å². The van der Waals surface area contributed by atoms with Crippen LogP contribution in [0.15, 0.2) is 18.3 Å². The third kappa shape index (κ3) is 2.13. The molecule has 0 spiro atoms. The Labute approximate surface area is 94.2 Å². The summed E-state index contributed by atoms with van der Waals surface area (Å²) < 4.78 is 0. The Morgan fingerprint density at radius 1 is 1.50 bits per heavy atom. The van der Waals surface area contributed by atoms with Gasteiger partial charge in [-0.2, -0.15) is 0 Å². The molecule has 16 heavy (non-hydrogen) atoms. The fourth-order valence-corrected chi connectivity index (χ4v) is 2.00. The van der Waals surface area contributed by atoms with Crippen LogP contribution >= 0.6 is 0 Å². The van der Waals surface area contributed by atoms with Gasteiger partial charge in [0.05, 0.1) is 4.92 Å². The molecule has 0 amide bonds. The molecule has 2 rings (SSSR count). The van der Waals surface area contributed by atoms with Gasteiger partial charge in [0.2, 0.25) is 5.82 Å². The first-order chi connectivity index (χ1) is 7.68. The zero-order valence-corrected chi connectivity index (χ0v) is 9.30. The van der Waals surface area contributed by atoms with Gasteiger partial charge in [-0.15, -0.1) is 0 Å². The molecule has 2 heterocycles. The van der Waals surface area contributed by atoms with Gasteiger partial charge in [-0.1, -0.05) is 6.92 Å². The summed E-state index contributed by atoms with van der Waals surface area (Å²) in [6.45, 7) is 3.93. The molecular formula is C11H15N3O2. The zero-order valence-electron chi connectivity index (χ0n) is 9.30. The molecule has 5 heteroatoms. The number of anilines is 1. The number of pyridine rings is 1. The molecule has 0 aliphatic carbocycles. The Kier molecular flexibility index (Phi) is 3.03. The first-order valence-corrected chi connectivity index (χ1v) is 5.53. The van der Waals surface area contributed by atoms with Gasteiger partial charge < -0.3 is 4.90 Å². The molecule has 1 aliphatic heterocycles. The van der Waals surface area contributed by atoms with Gasteiger partial charge >= 0.3 is 5.69 Å². The van der Waals surface area contributed by atoms with Crippen LogP contribution in [0.4, 0.5) is 11.5 Å². The van der Waals surface area contributed by atoms with Crippen LogP contribution in [0, 0.1) is 16.0 Å². The molecule has 1 aromatic heterocycles. The van der Waals surface area contributed by atoms with E-state index in [1.165, 1.54) is 6.07 Å². The predicted molar refractivity (Wildman–Crippen MR) is 61.5 cm³/mol. The highest BCUT2D eigenvalue weighted by Crippen LogP contribution is 2.28.